The predicted octanol–water partition coefficient (Wildman–Crippen LogP) is 1.22. The number of primary amides is 1. The number of anilines is 1. The Bertz CT molecular complexity index is 398. The van der Waals surface area contributed by atoms with Crippen LogP contribution >= 0.6 is 15.9 Å². The first-order valence-corrected chi connectivity index (χ1v) is 4.64. The standard InChI is InChI=1S/C9H8BrN3O/c10-8-3-7(13-5-9(12)14)2-1-6(8)4-11/h1-3,13H,5H2,(H2,12,14). The molecule has 4 nitrogen and oxygen atoms in total. The molecule has 0 atom stereocenters. The first-order chi connectivity index (χ1) is 6.63. The highest BCUT2D eigenvalue weighted by molar-refractivity contribution is 9.10. The fourth-order valence-corrected chi connectivity index (χ4v) is 1.37. The summed E-state index contributed by atoms with van der Waals surface area (Å²) in [6.07, 6.45) is 0. The number of hydrogen-bond donors (Lipinski definition) is 2. The number of benzene rings is 1. The Hall–Kier alpha value is -1.54. The van der Waals surface area contributed by atoms with Crippen LogP contribution in [0.1, 0.15) is 5.56 Å². The molecule has 1 rings (SSSR count). The highest BCUT2D eigenvalue weighted by Gasteiger charge is 2.00. The summed E-state index contributed by atoms with van der Waals surface area (Å²) in [6.45, 7) is 0.0817. The molecule has 0 fully saturated rings. The van der Waals surface area contributed by atoms with Crippen LogP contribution in [0.25, 0.3) is 0 Å². The van der Waals surface area contributed by atoms with E-state index < -0.39 is 5.91 Å². The summed E-state index contributed by atoms with van der Waals surface area (Å²) in [6, 6.07) is 7.12. The zero-order chi connectivity index (χ0) is 10.6. The van der Waals surface area contributed by atoms with Gasteiger partial charge in [0.25, 0.3) is 0 Å². The number of nitrogens with zero attached hydrogens (tertiary/aromatic N) is 1. The van der Waals surface area contributed by atoms with E-state index in [2.05, 4.69) is 21.2 Å². The molecule has 72 valence electrons. The molecule has 0 spiro atoms. The first kappa shape index (κ1) is 10.5. The number of nitrogens with two attached hydrogens (primary N) is 1. The Balaban J connectivity index is 2.77. The molecule has 0 unspecified atom stereocenters. The molecule has 0 aliphatic carbocycles. The molecule has 5 heteroatoms. The monoisotopic (exact) mass is 253 g/mol. The number of nitriles is 1. The van der Waals surface area contributed by atoms with E-state index in [1.807, 2.05) is 6.07 Å². The van der Waals surface area contributed by atoms with E-state index in [1.54, 1.807) is 18.2 Å². The van der Waals surface area contributed by atoms with Crippen molar-refractivity contribution in [1.29, 1.82) is 5.26 Å². The summed E-state index contributed by atoms with van der Waals surface area (Å²) in [5, 5.41) is 11.5. The van der Waals surface area contributed by atoms with Crippen molar-refractivity contribution in [1.82, 2.24) is 0 Å². The van der Waals surface area contributed by atoms with Crippen molar-refractivity contribution in [2.24, 2.45) is 5.73 Å². The van der Waals surface area contributed by atoms with Crippen LogP contribution in [0.4, 0.5) is 5.69 Å². The zero-order valence-corrected chi connectivity index (χ0v) is 8.84. The van der Waals surface area contributed by atoms with Gasteiger partial charge in [0, 0.05) is 10.2 Å². The molecule has 0 aliphatic heterocycles. The van der Waals surface area contributed by atoms with Gasteiger partial charge < -0.3 is 11.1 Å². The number of carbonyl (C=O) groups is 1. The lowest BCUT2D eigenvalue weighted by Crippen LogP contribution is -2.21. The maximum Gasteiger partial charge on any atom is 0.236 e. The molecule has 1 aromatic rings. The van der Waals surface area contributed by atoms with Gasteiger partial charge in [-0.2, -0.15) is 5.26 Å². The lowest BCUT2D eigenvalue weighted by Gasteiger charge is -2.04. The third-order valence-electron chi connectivity index (χ3n) is 1.56. The molecule has 0 aliphatic rings. The van der Waals surface area contributed by atoms with Gasteiger partial charge in [-0.3, -0.25) is 4.79 Å². The van der Waals surface area contributed by atoms with E-state index in [9.17, 15) is 4.79 Å². The van der Waals surface area contributed by atoms with Crippen molar-refractivity contribution in [3.8, 4) is 6.07 Å². The van der Waals surface area contributed by atoms with Crippen molar-refractivity contribution in [2.75, 3.05) is 11.9 Å². The van der Waals surface area contributed by atoms with Crippen LogP contribution in [0.3, 0.4) is 0 Å². The molecule has 3 N–H and O–H groups in total. The van der Waals surface area contributed by atoms with Crippen LogP contribution in [0.2, 0.25) is 0 Å². The first-order valence-electron chi connectivity index (χ1n) is 3.85. The quantitative estimate of drug-likeness (QED) is 0.851. The molecule has 0 radical (unpaired) electrons. The molecule has 0 heterocycles. The molecule has 0 aromatic heterocycles. The van der Waals surface area contributed by atoms with Gasteiger partial charge in [0.05, 0.1) is 12.1 Å². The largest absolute Gasteiger partial charge is 0.376 e. The maximum absolute atomic E-state index is 10.5. The average Bonchev–Trinajstić information content (AvgIpc) is 2.15. The fraction of sp³-hybridized carbons (Fsp3) is 0.111. The topological polar surface area (TPSA) is 78.9 Å². The van der Waals surface area contributed by atoms with E-state index in [-0.39, 0.29) is 6.54 Å². The Morgan fingerprint density at radius 3 is 2.86 bits per heavy atom. The maximum atomic E-state index is 10.5. The third kappa shape index (κ3) is 2.75. The summed E-state index contributed by atoms with van der Waals surface area (Å²) in [5.41, 5.74) is 6.26. The van der Waals surface area contributed by atoms with Crippen LogP contribution in [0, 0.1) is 11.3 Å². The summed E-state index contributed by atoms with van der Waals surface area (Å²) < 4.78 is 0.689. The van der Waals surface area contributed by atoms with E-state index in [4.69, 9.17) is 11.0 Å². The average molecular weight is 254 g/mol. The summed E-state index contributed by atoms with van der Waals surface area (Å²) in [5.74, 6) is -0.425. The van der Waals surface area contributed by atoms with Gasteiger partial charge in [-0.1, -0.05) is 0 Å². The second-order valence-corrected chi connectivity index (χ2v) is 3.48. The van der Waals surface area contributed by atoms with Gasteiger partial charge in [-0.25, -0.2) is 0 Å². The number of nitrogens with one attached hydrogen (secondary N) is 1. The molecule has 0 saturated carbocycles. The molecule has 14 heavy (non-hydrogen) atoms. The van der Waals surface area contributed by atoms with Crippen molar-refractivity contribution >= 4 is 27.5 Å². The summed E-state index contributed by atoms with van der Waals surface area (Å²) in [7, 11) is 0. The van der Waals surface area contributed by atoms with Crippen molar-refractivity contribution < 1.29 is 4.79 Å². The minimum Gasteiger partial charge on any atom is -0.376 e. The normalized spacial score (nSPS) is 9.14. The Morgan fingerprint density at radius 1 is 1.64 bits per heavy atom. The number of carbonyl (C=O) groups excluding carboxylic acids is 1. The highest BCUT2D eigenvalue weighted by atomic mass is 79.9. The van der Waals surface area contributed by atoms with Gasteiger partial charge in [-0.15, -0.1) is 0 Å². The molecular formula is C9H8BrN3O. The molecule has 1 aromatic carbocycles. The number of rotatable bonds is 3. The Kier molecular flexibility index (Phi) is 3.48. The van der Waals surface area contributed by atoms with Crippen molar-refractivity contribution in [3.05, 3.63) is 28.2 Å². The second-order valence-electron chi connectivity index (χ2n) is 2.63. The molecule has 0 bridgehead atoms. The second kappa shape index (κ2) is 4.63. The predicted molar refractivity (Wildman–Crippen MR) is 56.5 cm³/mol. The van der Waals surface area contributed by atoms with E-state index in [0.717, 1.165) is 5.69 Å². The van der Waals surface area contributed by atoms with E-state index in [0.29, 0.717) is 10.0 Å². The van der Waals surface area contributed by atoms with Crippen molar-refractivity contribution in [3.63, 3.8) is 0 Å². The Morgan fingerprint density at radius 2 is 2.36 bits per heavy atom. The number of amides is 1. The minimum absolute atomic E-state index is 0.0817. The summed E-state index contributed by atoms with van der Waals surface area (Å²) in [4.78, 5) is 10.5. The van der Waals surface area contributed by atoms with Gasteiger partial charge in [0.1, 0.15) is 6.07 Å². The van der Waals surface area contributed by atoms with Gasteiger partial charge in [-0.05, 0) is 34.1 Å². The van der Waals surface area contributed by atoms with Crippen LogP contribution in [-0.2, 0) is 4.79 Å². The van der Waals surface area contributed by atoms with Crippen LogP contribution in [-0.4, -0.2) is 12.5 Å². The van der Waals surface area contributed by atoms with E-state index in [1.165, 1.54) is 0 Å². The molecule has 0 saturated heterocycles. The van der Waals surface area contributed by atoms with Crippen LogP contribution < -0.4 is 11.1 Å². The highest BCUT2D eigenvalue weighted by Crippen LogP contribution is 2.20. The zero-order valence-electron chi connectivity index (χ0n) is 7.25. The minimum atomic E-state index is -0.425. The van der Waals surface area contributed by atoms with Crippen LogP contribution in [0.15, 0.2) is 22.7 Å². The molecular weight excluding hydrogens is 246 g/mol. The van der Waals surface area contributed by atoms with Crippen LogP contribution in [0.5, 0.6) is 0 Å². The van der Waals surface area contributed by atoms with Gasteiger partial charge in [0.15, 0.2) is 0 Å². The summed E-state index contributed by atoms with van der Waals surface area (Å²) >= 11 is 3.24. The fourth-order valence-electron chi connectivity index (χ4n) is 0.905. The van der Waals surface area contributed by atoms with Gasteiger partial charge >= 0.3 is 0 Å². The van der Waals surface area contributed by atoms with Crippen molar-refractivity contribution in [2.45, 2.75) is 0 Å². The third-order valence-corrected chi connectivity index (χ3v) is 2.21. The smallest absolute Gasteiger partial charge is 0.236 e. The number of hydrogen-bond acceptors (Lipinski definition) is 3. The van der Waals surface area contributed by atoms with Gasteiger partial charge in [0.2, 0.25) is 5.91 Å². The SMILES string of the molecule is N#Cc1ccc(NCC(N)=O)cc1Br. The lowest BCUT2D eigenvalue weighted by molar-refractivity contribution is -0.116. The lowest BCUT2D eigenvalue weighted by atomic mass is 10.2. The number of halogens is 1. The molecule has 1 amide bonds. The van der Waals surface area contributed by atoms with E-state index >= 15 is 0 Å². The Labute approximate surface area is 89.8 Å².